The monoisotopic (exact) mass is 265 g/mol. The Hall–Kier alpha value is -1.36. The molecule has 0 amide bonds. The quantitative estimate of drug-likeness (QED) is 0.845. The molecule has 1 heterocycles. The molecule has 0 radical (unpaired) electrons. The zero-order valence-electron chi connectivity index (χ0n) is 11.8. The Morgan fingerprint density at radius 1 is 1.47 bits per heavy atom. The largest absolute Gasteiger partial charge is 0.480 e. The summed E-state index contributed by atoms with van der Waals surface area (Å²) >= 11 is 0. The van der Waals surface area contributed by atoms with Gasteiger partial charge in [-0.05, 0) is 31.7 Å². The fourth-order valence-corrected chi connectivity index (χ4v) is 2.90. The van der Waals surface area contributed by atoms with Crippen molar-refractivity contribution in [1.29, 1.82) is 0 Å². The summed E-state index contributed by atoms with van der Waals surface area (Å²) in [7, 11) is 1.56. The molecule has 0 bridgehead atoms. The Balaban J connectivity index is 1.96. The van der Waals surface area contributed by atoms with Gasteiger partial charge >= 0.3 is 0 Å². The summed E-state index contributed by atoms with van der Waals surface area (Å²) in [6.07, 6.45) is 4.77. The molecule has 1 aromatic heterocycles. The van der Waals surface area contributed by atoms with Gasteiger partial charge in [0.1, 0.15) is 0 Å². The van der Waals surface area contributed by atoms with Crippen LogP contribution >= 0.6 is 0 Å². The van der Waals surface area contributed by atoms with Crippen molar-refractivity contribution in [1.82, 2.24) is 15.1 Å². The van der Waals surface area contributed by atoms with Crippen molar-refractivity contribution in [2.45, 2.75) is 45.2 Å². The first-order valence-electron chi connectivity index (χ1n) is 7.10. The van der Waals surface area contributed by atoms with E-state index < -0.39 is 0 Å². The van der Waals surface area contributed by atoms with E-state index in [9.17, 15) is 4.79 Å². The molecule has 1 N–H and O–H groups in total. The van der Waals surface area contributed by atoms with Gasteiger partial charge in [0.25, 0.3) is 5.56 Å². The second-order valence-corrected chi connectivity index (χ2v) is 5.08. The highest BCUT2D eigenvalue weighted by atomic mass is 16.5. The lowest BCUT2D eigenvalue weighted by Gasteiger charge is -2.20. The van der Waals surface area contributed by atoms with Crippen molar-refractivity contribution in [3.8, 4) is 5.88 Å². The Labute approximate surface area is 114 Å². The van der Waals surface area contributed by atoms with E-state index in [-0.39, 0.29) is 5.56 Å². The molecule has 2 atom stereocenters. The third-order valence-corrected chi connectivity index (χ3v) is 3.89. The van der Waals surface area contributed by atoms with Crippen molar-refractivity contribution in [2.24, 2.45) is 5.92 Å². The average molecular weight is 265 g/mol. The van der Waals surface area contributed by atoms with Crippen LogP contribution in [0.1, 0.15) is 32.6 Å². The molecule has 5 nitrogen and oxygen atoms in total. The minimum atomic E-state index is -0.0567. The molecule has 106 valence electrons. The van der Waals surface area contributed by atoms with Crippen LogP contribution in [0.5, 0.6) is 5.88 Å². The number of aryl methyl sites for hydroxylation is 1. The number of aromatic nitrogens is 2. The van der Waals surface area contributed by atoms with Gasteiger partial charge in [0.15, 0.2) is 0 Å². The van der Waals surface area contributed by atoms with E-state index in [1.807, 2.05) is 0 Å². The maximum atomic E-state index is 11.7. The van der Waals surface area contributed by atoms with Crippen LogP contribution in [0, 0.1) is 5.92 Å². The molecule has 0 aliphatic heterocycles. The first-order chi connectivity index (χ1) is 9.24. The molecule has 1 fully saturated rings. The van der Waals surface area contributed by atoms with Gasteiger partial charge in [-0.3, -0.25) is 4.79 Å². The van der Waals surface area contributed by atoms with E-state index >= 15 is 0 Å². The predicted molar refractivity (Wildman–Crippen MR) is 74.5 cm³/mol. The minimum absolute atomic E-state index is 0.0567. The third kappa shape index (κ3) is 3.56. The first-order valence-corrected chi connectivity index (χ1v) is 7.10. The molecule has 5 heteroatoms. The van der Waals surface area contributed by atoms with Crippen LogP contribution in [0.15, 0.2) is 16.9 Å². The summed E-state index contributed by atoms with van der Waals surface area (Å²) in [4.78, 5) is 11.7. The molecular weight excluding hydrogens is 242 g/mol. The Morgan fingerprint density at radius 2 is 2.32 bits per heavy atom. The van der Waals surface area contributed by atoms with Gasteiger partial charge in [0, 0.05) is 24.7 Å². The summed E-state index contributed by atoms with van der Waals surface area (Å²) in [6, 6.07) is 3.73. The minimum Gasteiger partial charge on any atom is -0.480 e. The summed E-state index contributed by atoms with van der Waals surface area (Å²) in [5, 5.41) is 7.72. The zero-order chi connectivity index (χ0) is 13.7. The number of hydrogen-bond donors (Lipinski definition) is 1. The molecule has 1 aromatic rings. The lowest BCUT2D eigenvalue weighted by Crippen LogP contribution is -2.33. The summed E-state index contributed by atoms with van der Waals surface area (Å²) in [6.45, 7) is 3.82. The van der Waals surface area contributed by atoms with Crippen LogP contribution < -0.4 is 15.6 Å². The molecule has 0 saturated heterocycles. The lowest BCUT2D eigenvalue weighted by atomic mass is 9.99. The number of hydrogen-bond acceptors (Lipinski definition) is 4. The number of ether oxygens (including phenoxy) is 1. The molecule has 2 unspecified atom stereocenters. The standard InChI is InChI=1S/C14H23N3O2/c1-3-15-12-6-4-5-11(12)9-10-17-14(18)8-7-13(16-17)19-2/h7-8,11-12,15H,3-6,9-10H2,1-2H3. The van der Waals surface area contributed by atoms with Gasteiger partial charge in [-0.2, -0.15) is 0 Å². The van der Waals surface area contributed by atoms with Crippen LogP contribution in [0.25, 0.3) is 0 Å². The van der Waals surface area contributed by atoms with Gasteiger partial charge in [0.05, 0.1) is 7.11 Å². The van der Waals surface area contributed by atoms with Gasteiger partial charge in [0.2, 0.25) is 5.88 Å². The number of rotatable bonds is 6. The van der Waals surface area contributed by atoms with Crippen molar-refractivity contribution in [3.05, 3.63) is 22.5 Å². The van der Waals surface area contributed by atoms with Crippen LogP contribution in [0.4, 0.5) is 0 Å². The maximum absolute atomic E-state index is 11.7. The molecule has 2 rings (SSSR count). The average Bonchev–Trinajstić information content (AvgIpc) is 2.86. The Morgan fingerprint density at radius 3 is 3.05 bits per heavy atom. The van der Waals surface area contributed by atoms with Crippen molar-refractivity contribution in [3.63, 3.8) is 0 Å². The topological polar surface area (TPSA) is 56.1 Å². The van der Waals surface area contributed by atoms with E-state index in [2.05, 4.69) is 17.3 Å². The van der Waals surface area contributed by atoms with E-state index in [0.717, 1.165) is 13.0 Å². The van der Waals surface area contributed by atoms with Gasteiger partial charge in [-0.1, -0.05) is 13.3 Å². The zero-order valence-corrected chi connectivity index (χ0v) is 11.8. The molecule has 0 aromatic carbocycles. The predicted octanol–water partition coefficient (Wildman–Crippen LogP) is 1.42. The highest BCUT2D eigenvalue weighted by Gasteiger charge is 2.26. The summed E-state index contributed by atoms with van der Waals surface area (Å²) < 4.78 is 6.57. The number of methoxy groups -OCH3 is 1. The molecule has 1 saturated carbocycles. The van der Waals surface area contributed by atoms with Crippen molar-refractivity contribution < 1.29 is 4.74 Å². The van der Waals surface area contributed by atoms with Crippen molar-refractivity contribution >= 4 is 0 Å². The lowest BCUT2D eigenvalue weighted by molar-refractivity contribution is 0.339. The van der Waals surface area contributed by atoms with Gasteiger partial charge in [-0.25, -0.2) is 4.68 Å². The third-order valence-electron chi connectivity index (χ3n) is 3.89. The summed E-state index contributed by atoms with van der Waals surface area (Å²) in [5.74, 6) is 1.15. The highest BCUT2D eigenvalue weighted by molar-refractivity contribution is 5.05. The van der Waals surface area contributed by atoms with E-state index in [4.69, 9.17) is 4.74 Å². The normalized spacial score (nSPS) is 22.6. The number of nitrogens with zero attached hydrogens (tertiary/aromatic N) is 2. The molecule has 19 heavy (non-hydrogen) atoms. The highest BCUT2D eigenvalue weighted by Crippen LogP contribution is 2.28. The number of nitrogens with one attached hydrogen (secondary N) is 1. The fourth-order valence-electron chi connectivity index (χ4n) is 2.90. The maximum Gasteiger partial charge on any atom is 0.266 e. The fraction of sp³-hybridized carbons (Fsp3) is 0.714. The second kappa shape index (κ2) is 6.70. The first kappa shape index (κ1) is 14.1. The van der Waals surface area contributed by atoms with Crippen LogP contribution in [-0.4, -0.2) is 29.5 Å². The molecule has 1 aliphatic carbocycles. The van der Waals surface area contributed by atoms with Gasteiger partial charge < -0.3 is 10.1 Å². The summed E-state index contributed by atoms with van der Waals surface area (Å²) in [5.41, 5.74) is -0.0567. The Kier molecular flexibility index (Phi) is 4.96. The Bertz CT molecular complexity index is 458. The van der Waals surface area contributed by atoms with Crippen LogP contribution in [0.3, 0.4) is 0 Å². The molecular formula is C14H23N3O2. The van der Waals surface area contributed by atoms with E-state index in [1.165, 1.54) is 30.0 Å². The molecule has 1 aliphatic rings. The van der Waals surface area contributed by atoms with Crippen LogP contribution in [0.2, 0.25) is 0 Å². The van der Waals surface area contributed by atoms with E-state index in [1.54, 1.807) is 13.2 Å². The van der Waals surface area contributed by atoms with E-state index in [0.29, 0.717) is 24.4 Å². The van der Waals surface area contributed by atoms with Gasteiger partial charge in [-0.15, -0.1) is 5.10 Å². The second-order valence-electron chi connectivity index (χ2n) is 5.08. The molecule has 0 spiro atoms. The SMILES string of the molecule is CCNC1CCCC1CCn1nc(OC)ccc1=O. The van der Waals surface area contributed by atoms with Crippen LogP contribution in [-0.2, 0) is 6.54 Å². The smallest absolute Gasteiger partial charge is 0.266 e. The van der Waals surface area contributed by atoms with Crippen molar-refractivity contribution in [2.75, 3.05) is 13.7 Å².